The van der Waals surface area contributed by atoms with Gasteiger partial charge in [-0.2, -0.15) is 44.6 Å². The van der Waals surface area contributed by atoms with E-state index < -0.39 is 65.8 Å². The van der Waals surface area contributed by atoms with Crippen LogP contribution in [0.2, 0.25) is 0 Å². The van der Waals surface area contributed by atoms with Crippen LogP contribution in [0.5, 0.6) is 0 Å². The fourth-order valence-electron chi connectivity index (χ4n) is 6.69. The summed E-state index contributed by atoms with van der Waals surface area (Å²) in [6, 6.07) is 2.50. The van der Waals surface area contributed by atoms with Crippen LogP contribution in [0.25, 0.3) is 0 Å². The predicted molar refractivity (Wildman–Crippen MR) is 176 cm³/mol. The molecule has 19 heteroatoms. The Morgan fingerprint density at radius 3 is 2.07 bits per heavy atom. The minimum Gasteiger partial charge on any atom is -0.481 e. The third kappa shape index (κ3) is 9.57. The minimum atomic E-state index is -5.10. The van der Waals surface area contributed by atoms with E-state index >= 15 is 0 Å². The van der Waals surface area contributed by atoms with Crippen molar-refractivity contribution in [2.75, 3.05) is 35.0 Å². The Balaban J connectivity index is 1.56. The zero-order chi connectivity index (χ0) is 39.6. The van der Waals surface area contributed by atoms with E-state index in [1.54, 1.807) is 18.7 Å². The van der Waals surface area contributed by atoms with Gasteiger partial charge in [0.15, 0.2) is 0 Å². The molecule has 1 saturated heterocycles. The molecule has 1 fully saturated rings. The van der Waals surface area contributed by atoms with Crippen molar-refractivity contribution in [2.45, 2.75) is 83.0 Å². The molecule has 2 aromatic carbocycles. The van der Waals surface area contributed by atoms with Gasteiger partial charge in [0.2, 0.25) is 5.95 Å². The maximum atomic E-state index is 13.9. The number of hydrogen-bond acceptors (Lipinski definition) is 9. The molecule has 5 rings (SSSR count). The van der Waals surface area contributed by atoms with Crippen molar-refractivity contribution in [1.29, 1.82) is 0 Å². The summed E-state index contributed by atoms with van der Waals surface area (Å²) in [5.74, 6) is -1.32. The highest BCUT2D eigenvalue weighted by molar-refractivity contribution is 5.67. The van der Waals surface area contributed by atoms with Crippen LogP contribution in [0.1, 0.15) is 85.5 Å². The lowest BCUT2D eigenvalue weighted by Crippen LogP contribution is -2.43. The molecular weight excluding hydrogens is 741 g/mol. The fraction of sp³-hybridized carbons (Fsp3) is 0.486. The van der Waals surface area contributed by atoms with E-state index in [4.69, 9.17) is 9.57 Å². The van der Waals surface area contributed by atoms with E-state index in [-0.39, 0.29) is 65.6 Å². The summed E-state index contributed by atoms with van der Waals surface area (Å²) in [6.45, 7) is 3.86. The Bertz CT molecular complexity index is 1800. The number of ether oxygens (including phenoxy) is 1. The Hall–Kier alpha value is -4.97. The smallest absolute Gasteiger partial charge is 0.481 e. The maximum absolute atomic E-state index is 13.9. The molecule has 3 aromatic rings. The number of carbonyl (C=O) groups excluding carboxylic acids is 1. The van der Waals surface area contributed by atoms with Gasteiger partial charge in [-0.1, -0.05) is 6.92 Å². The number of piperidine rings is 1. The first-order chi connectivity index (χ1) is 25.3. The number of benzene rings is 2. The Labute approximate surface area is 303 Å². The molecule has 0 unspecified atom stereocenters. The second kappa shape index (κ2) is 15.8. The topological polar surface area (TPSA) is 117 Å². The van der Waals surface area contributed by atoms with Crippen LogP contribution in [-0.2, 0) is 39.3 Å². The normalized spacial score (nSPS) is 18.3. The first-order valence-electron chi connectivity index (χ1n) is 17.0. The van der Waals surface area contributed by atoms with Gasteiger partial charge in [0.1, 0.15) is 0 Å². The van der Waals surface area contributed by atoms with Gasteiger partial charge in [-0.25, -0.2) is 14.8 Å². The number of anilines is 3. The average molecular weight is 778 g/mol. The van der Waals surface area contributed by atoms with E-state index in [0.29, 0.717) is 44.5 Å². The van der Waals surface area contributed by atoms with E-state index in [0.717, 1.165) is 18.2 Å². The summed E-state index contributed by atoms with van der Waals surface area (Å²) in [5, 5.41) is 13.4. The van der Waals surface area contributed by atoms with Gasteiger partial charge in [0.25, 0.3) is 0 Å². The second-order valence-corrected chi connectivity index (χ2v) is 13.0. The molecule has 0 spiro atoms. The Morgan fingerprint density at radius 2 is 1.52 bits per heavy atom. The van der Waals surface area contributed by atoms with Crippen molar-refractivity contribution in [3.8, 4) is 0 Å². The van der Waals surface area contributed by atoms with Crippen molar-refractivity contribution in [2.24, 2.45) is 5.92 Å². The van der Waals surface area contributed by atoms with Gasteiger partial charge in [0.05, 0.1) is 58.6 Å². The molecule has 2 aliphatic heterocycles. The molecule has 2 atom stereocenters. The van der Waals surface area contributed by atoms with Crippen molar-refractivity contribution < 1.29 is 63.8 Å². The number of carbonyl (C=O) groups is 2. The van der Waals surface area contributed by atoms with Crippen LogP contribution in [0.15, 0.2) is 42.6 Å². The number of aliphatic carboxylic acids is 1. The fourth-order valence-corrected chi connectivity index (χ4v) is 6.69. The zero-order valence-electron chi connectivity index (χ0n) is 28.9. The third-order valence-corrected chi connectivity index (χ3v) is 9.30. The van der Waals surface area contributed by atoms with Crippen molar-refractivity contribution in [1.82, 2.24) is 9.97 Å². The number of nitrogens with one attached hydrogen (secondary N) is 1. The number of carboxylic acid groups (broad SMARTS) is 1. The molecule has 0 aliphatic carbocycles. The molecule has 0 amide bonds. The number of aromatic nitrogens is 2. The molecule has 2 N–H and O–H groups in total. The molecule has 0 radical (unpaired) electrons. The Kier molecular flexibility index (Phi) is 11.8. The Morgan fingerprint density at radius 1 is 0.889 bits per heavy atom. The maximum Gasteiger partial charge on any atom is 0.533 e. The molecular formula is C35H36F9N5O5. The molecule has 10 nitrogen and oxygen atoms in total. The molecule has 1 aromatic heterocycles. The van der Waals surface area contributed by atoms with Gasteiger partial charge in [0, 0.05) is 31.5 Å². The number of hydrogen-bond donors (Lipinski definition) is 2. The number of fused-ring (bicyclic) bond motifs is 1. The lowest BCUT2D eigenvalue weighted by molar-refractivity contribution is -0.143. The minimum absolute atomic E-state index is 0.0133. The molecule has 294 valence electrons. The number of hydroxylamine groups is 1. The van der Waals surface area contributed by atoms with Crippen LogP contribution in [0, 0.1) is 5.92 Å². The lowest BCUT2D eigenvalue weighted by atomic mass is 9.90. The number of rotatable bonds is 10. The summed E-state index contributed by atoms with van der Waals surface area (Å²) in [6.07, 6.45) is -14.1. The van der Waals surface area contributed by atoms with Gasteiger partial charge in [-0.3, -0.25) is 4.79 Å². The molecule has 2 aliphatic rings. The quantitative estimate of drug-likeness (QED) is 0.153. The van der Waals surface area contributed by atoms with E-state index in [1.807, 2.05) is 0 Å². The van der Waals surface area contributed by atoms with Crippen LogP contribution >= 0.6 is 0 Å². The summed E-state index contributed by atoms with van der Waals surface area (Å²) < 4.78 is 129. The van der Waals surface area contributed by atoms with Gasteiger partial charge in [-0.15, -0.1) is 0 Å². The lowest BCUT2D eigenvalue weighted by Gasteiger charge is -2.40. The number of carboxylic acids is 1. The van der Waals surface area contributed by atoms with Crippen molar-refractivity contribution in [3.05, 3.63) is 76.1 Å². The molecule has 0 bridgehead atoms. The molecule has 0 saturated carbocycles. The summed E-state index contributed by atoms with van der Waals surface area (Å²) in [5.41, 5.74) is -3.95. The monoisotopic (exact) mass is 777 g/mol. The van der Waals surface area contributed by atoms with Gasteiger partial charge in [-0.05, 0) is 80.5 Å². The van der Waals surface area contributed by atoms with Crippen LogP contribution in [0.4, 0.5) is 61.6 Å². The van der Waals surface area contributed by atoms with Crippen molar-refractivity contribution in [3.63, 3.8) is 0 Å². The molecule has 54 heavy (non-hydrogen) atoms. The highest BCUT2D eigenvalue weighted by Gasteiger charge is 2.40. The van der Waals surface area contributed by atoms with Gasteiger partial charge >= 0.3 is 30.7 Å². The van der Waals surface area contributed by atoms with E-state index in [1.165, 1.54) is 11.3 Å². The summed E-state index contributed by atoms with van der Waals surface area (Å²) >= 11 is 0. The largest absolute Gasteiger partial charge is 0.533 e. The van der Waals surface area contributed by atoms with Crippen LogP contribution in [0.3, 0.4) is 0 Å². The van der Waals surface area contributed by atoms with Crippen molar-refractivity contribution >= 4 is 29.4 Å². The standard InChI is InChI=1S/C35H36F9N5O5/c1-3-24-17-26(25-16-21(33(36,37)38)5-6-28(25)49(24)54-32(52)53-4-2)46-31-45-18-29(48-9-7-19(8-10-48)14-30(50)51)27(47-31)13-20-11-22(34(39,40)41)15-23(12-20)35(42,43)44/h5-6,11-12,15-16,18-19,24,26H,3-4,7-10,13-14,17H2,1-2H3,(H,50,51)(H,45,46,47)/t24-,26+/m1/s1. The summed E-state index contributed by atoms with van der Waals surface area (Å²) in [7, 11) is 0. The molecule has 3 heterocycles. The van der Waals surface area contributed by atoms with Gasteiger partial charge < -0.3 is 24.9 Å². The average Bonchev–Trinajstić information content (AvgIpc) is 3.08. The van der Waals surface area contributed by atoms with E-state index in [2.05, 4.69) is 15.3 Å². The number of nitrogens with zero attached hydrogens (tertiary/aromatic N) is 4. The third-order valence-electron chi connectivity index (χ3n) is 9.30. The predicted octanol–water partition coefficient (Wildman–Crippen LogP) is 9.04. The van der Waals surface area contributed by atoms with Crippen LogP contribution in [-0.4, -0.2) is 52.9 Å². The number of halogens is 9. The first kappa shape index (κ1) is 40.2. The second-order valence-electron chi connectivity index (χ2n) is 13.0. The SMILES string of the molecule is CCOC(=O)ON1c2ccc(C(F)(F)F)cc2[C@@H](Nc2ncc(N3CCC(CC(=O)O)CC3)c(Cc3cc(C(F)(F)F)cc(C(F)(F)F)c3)n2)C[C@H]1CC. The first-order valence-corrected chi connectivity index (χ1v) is 17.0. The van der Waals surface area contributed by atoms with Crippen LogP contribution < -0.4 is 15.3 Å². The highest BCUT2D eigenvalue weighted by Crippen LogP contribution is 2.43. The van der Waals surface area contributed by atoms with E-state index in [9.17, 15) is 54.2 Å². The highest BCUT2D eigenvalue weighted by atomic mass is 19.4. The number of alkyl halides is 9. The zero-order valence-corrected chi connectivity index (χ0v) is 28.9. The summed E-state index contributed by atoms with van der Waals surface area (Å²) in [4.78, 5) is 39.6.